The van der Waals surface area contributed by atoms with Crippen LogP contribution in [-0.2, 0) is 6.54 Å². The molecule has 1 aliphatic rings. The lowest BCUT2D eigenvalue weighted by atomic mass is 9.88. The number of aromatic nitrogens is 1. The third-order valence-electron chi connectivity index (χ3n) is 6.22. The van der Waals surface area contributed by atoms with E-state index in [-0.39, 0.29) is 17.9 Å². The van der Waals surface area contributed by atoms with E-state index >= 15 is 0 Å². The van der Waals surface area contributed by atoms with Gasteiger partial charge in [0.25, 0.3) is 5.91 Å². The predicted molar refractivity (Wildman–Crippen MR) is 128 cm³/mol. The molecule has 0 bridgehead atoms. The van der Waals surface area contributed by atoms with Crippen LogP contribution in [0.3, 0.4) is 0 Å². The van der Waals surface area contributed by atoms with Crippen molar-refractivity contribution in [1.29, 1.82) is 0 Å². The van der Waals surface area contributed by atoms with E-state index in [1.54, 1.807) is 26.5 Å². The third-order valence-corrected chi connectivity index (χ3v) is 6.22. The quantitative estimate of drug-likeness (QED) is 0.554. The van der Waals surface area contributed by atoms with Crippen LogP contribution in [0.5, 0.6) is 11.5 Å². The number of methoxy groups -OCH3 is 2. The van der Waals surface area contributed by atoms with E-state index in [2.05, 4.69) is 27.3 Å². The Bertz CT molecular complexity index is 1040. The highest BCUT2D eigenvalue weighted by molar-refractivity contribution is 5.97. The average molecular weight is 446 g/mol. The zero-order valence-corrected chi connectivity index (χ0v) is 19.2. The molecule has 1 aromatic heterocycles. The fourth-order valence-electron chi connectivity index (χ4n) is 4.54. The Kier molecular flexibility index (Phi) is 7.58. The van der Waals surface area contributed by atoms with Gasteiger partial charge in [-0.15, -0.1) is 0 Å². The summed E-state index contributed by atoms with van der Waals surface area (Å²) in [6.45, 7) is 2.80. The fourth-order valence-corrected chi connectivity index (χ4v) is 4.54. The maximum Gasteiger partial charge on any atom is 0.255 e. The summed E-state index contributed by atoms with van der Waals surface area (Å²) in [6, 6.07) is 21.2. The first-order chi connectivity index (χ1) is 16.2. The molecule has 0 spiro atoms. The summed E-state index contributed by atoms with van der Waals surface area (Å²) < 4.78 is 10.7. The van der Waals surface area contributed by atoms with Crippen molar-refractivity contribution in [1.82, 2.24) is 15.2 Å². The summed E-state index contributed by atoms with van der Waals surface area (Å²) in [5, 5.41) is 3.27. The molecule has 6 nitrogen and oxygen atoms in total. The number of hydrogen-bond donors (Lipinski definition) is 1. The Balaban J connectivity index is 1.52. The highest BCUT2D eigenvalue weighted by Gasteiger charge is 2.31. The summed E-state index contributed by atoms with van der Waals surface area (Å²) in [5.41, 5.74) is 2.67. The van der Waals surface area contributed by atoms with Crippen molar-refractivity contribution in [2.24, 2.45) is 5.92 Å². The van der Waals surface area contributed by atoms with E-state index in [9.17, 15) is 4.79 Å². The Labute approximate surface area is 195 Å². The van der Waals surface area contributed by atoms with Crippen molar-refractivity contribution >= 4 is 5.91 Å². The van der Waals surface area contributed by atoms with Gasteiger partial charge in [-0.25, -0.2) is 0 Å². The molecule has 3 aromatic rings. The lowest BCUT2D eigenvalue weighted by Gasteiger charge is -2.37. The van der Waals surface area contributed by atoms with Gasteiger partial charge in [-0.05, 0) is 67.3 Å². The highest BCUT2D eigenvalue weighted by Crippen LogP contribution is 2.31. The van der Waals surface area contributed by atoms with Crippen LogP contribution in [0.4, 0.5) is 0 Å². The van der Waals surface area contributed by atoms with E-state index in [1.807, 2.05) is 48.5 Å². The number of benzene rings is 2. The van der Waals surface area contributed by atoms with Crippen molar-refractivity contribution in [2.75, 3.05) is 27.3 Å². The first kappa shape index (κ1) is 22.8. The topological polar surface area (TPSA) is 63.7 Å². The van der Waals surface area contributed by atoms with E-state index in [4.69, 9.17) is 9.47 Å². The van der Waals surface area contributed by atoms with E-state index in [0.717, 1.165) is 43.9 Å². The van der Waals surface area contributed by atoms with Gasteiger partial charge in [0.15, 0.2) is 0 Å². The minimum Gasteiger partial charge on any atom is -0.497 e. The fraction of sp³-hybridized carbons (Fsp3) is 0.333. The van der Waals surface area contributed by atoms with Crippen molar-refractivity contribution in [2.45, 2.75) is 25.4 Å². The molecular weight excluding hydrogens is 414 g/mol. The van der Waals surface area contributed by atoms with Gasteiger partial charge in [-0.2, -0.15) is 0 Å². The normalized spacial score (nSPS) is 17.2. The first-order valence-electron chi connectivity index (χ1n) is 11.4. The maximum absolute atomic E-state index is 13.2. The van der Waals surface area contributed by atoms with Crippen LogP contribution < -0.4 is 14.8 Å². The number of nitrogens with one attached hydrogen (secondary N) is 1. The molecule has 6 heteroatoms. The Morgan fingerprint density at radius 2 is 1.85 bits per heavy atom. The van der Waals surface area contributed by atoms with Crippen molar-refractivity contribution in [3.63, 3.8) is 0 Å². The summed E-state index contributed by atoms with van der Waals surface area (Å²) in [7, 11) is 3.27. The molecule has 2 aromatic carbocycles. The van der Waals surface area contributed by atoms with Gasteiger partial charge in [-0.3, -0.25) is 14.7 Å². The number of pyridine rings is 1. The molecule has 0 radical (unpaired) electrons. The number of rotatable bonds is 8. The minimum absolute atomic E-state index is 0.143. The molecule has 1 amide bonds. The van der Waals surface area contributed by atoms with Gasteiger partial charge in [0, 0.05) is 19.3 Å². The van der Waals surface area contributed by atoms with Gasteiger partial charge in [0.1, 0.15) is 11.5 Å². The molecular formula is C27H31N3O3. The average Bonchev–Trinajstić information content (AvgIpc) is 2.88. The number of amides is 1. The van der Waals surface area contributed by atoms with Gasteiger partial charge < -0.3 is 14.8 Å². The molecule has 4 rings (SSSR count). The Morgan fingerprint density at radius 1 is 1.06 bits per heavy atom. The molecule has 172 valence electrons. The number of carbonyl (C=O) groups is 1. The monoisotopic (exact) mass is 445 g/mol. The second-order valence-corrected chi connectivity index (χ2v) is 8.39. The zero-order chi connectivity index (χ0) is 23.0. The molecule has 0 saturated carbocycles. The number of ether oxygens (including phenoxy) is 2. The maximum atomic E-state index is 13.2. The number of hydrogen-bond acceptors (Lipinski definition) is 5. The number of para-hydroxylation sites is 1. The zero-order valence-electron chi connectivity index (χ0n) is 19.2. The van der Waals surface area contributed by atoms with E-state index in [0.29, 0.717) is 11.3 Å². The van der Waals surface area contributed by atoms with Crippen LogP contribution in [0.25, 0.3) is 0 Å². The van der Waals surface area contributed by atoms with Gasteiger partial charge in [-0.1, -0.05) is 30.3 Å². The molecule has 2 heterocycles. The second kappa shape index (κ2) is 11.0. The number of likely N-dealkylation sites (tertiary alicyclic amines) is 1. The van der Waals surface area contributed by atoms with Crippen LogP contribution in [0.2, 0.25) is 0 Å². The Hall–Kier alpha value is -3.38. The lowest BCUT2D eigenvalue weighted by molar-refractivity contribution is 0.0872. The van der Waals surface area contributed by atoms with Gasteiger partial charge >= 0.3 is 0 Å². The SMILES string of the molecule is COc1ccc(CN2CCC[C@@H]([C@H](NC(=O)c3ccccc3OC)c3ccccn3)C2)cc1. The molecule has 0 unspecified atom stereocenters. The lowest BCUT2D eigenvalue weighted by Crippen LogP contribution is -2.43. The largest absolute Gasteiger partial charge is 0.497 e. The molecule has 1 fully saturated rings. The number of nitrogens with zero attached hydrogens (tertiary/aromatic N) is 2. The van der Waals surface area contributed by atoms with Crippen molar-refractivity contribution in [3.8, 4) is 11.5 Å². The summed E-state index contributed by atoms with van der Waals surface area (Å²) in [5.74, 6) is 1.55. The van der Waals surface area contributed by atoms with Gasteiger partial charge in [0.2, 0.25) is 0 Å². The second-order valence-electron chi connectivity index (χ2n) is 8.39. The molecule has 0 aliphatic carbocycles. The van der Waals surface area contributed by atoms with Gasteiger partial charge in [0.05, 0.1) is 31.5 Å². The standard InChI is InChI=1S/C27H31N3O3/c1-32-22-14-12-20(13-15-22)18-30-17-7-8-21(19-30)26(24-10-5-6-16-28-24)29-27(31)23-9-3-4-11-25(23)33-2/h3-6,9-16,21,26H,7-8,17-19H2,1-2H3,(H,29,31)/t21-,26+/m1/s1. The number of piperidine rings is 1. The minimum atomic E-state index is -0.178. The van der Waals surface area contributed by atoms with Crippen LogP contribution >= 0.6 is 0 Å². The molecule has 2 atom stereocenters. The Morgan fingerprint density at radius 3 is 2.58 bits per heavy atom. The van der Waals surface area contributed by atoms with E-state index in [1.165, 1.54) is 5.56 Å². The van der Waals surface area contributed by atoms with Crippen LogP contribution in [0.15, 0.2) is 72.9 Å². The molecule has 1 N–H and O–H groups in total. The van der Waals surface area contributed by atoms with Crippen LogP contribution in [0, 0.1) is 5.92 Å². The van der Waals surface area contributed by atoms with Crippen molar-refractivity contribution in [3.05, 3.63) is 89.7 Å². The first-order valence-corrected chi connectivity index (χ1v) is 11.4. The molecule has 33 heavy (non-hydrogen) atoms. The molecule has 1 saturated heterocycles. The van der Waals surface area contributed by atoms with Crippen LogP contribution in [0.1, 0.15) is 40.5 Å². The van der Waals surface area contributed by atoms with E-state index < -0.39 is 0 Å². The summed E-state index contributed by atoms with van der Waals surface area (Å²) >= 11 is 0. The number of carbonyl (C=O) groups excluding carboxylic acids is 1. The highest BCUT2D eigenvalue weighted by atomic mass is 16.5. The van der Waals surface area contributed by atoms with Crippen LogP contribution in [-0.4, -0.2) is 43.1 Å². The van der Waals surface area contributed by atoms with Crippen molar-refractivity contribution < 1.29 is 14.3 Å². The third kappa shape index (κ3) is 5.71. The summed E-state index contributed by atoms with van der Waals surface area (Å²) in [4.78, 5) is 20.3. The molecule has 1 aliphatic heterocycles. The smallest absolute Gasteiger partial charge is 0.255 e. The predicted octanol–water partition coefficient (Wildman–Crippen LogP) is 4.48. The summed E-state index contributed by atoms with van der Waals surface area (Å²) in [6.07, 6.45) is 3.90.